The van der Waals surface area contributed by atoms with Crippen LogP contribution in [0.1, 0.15) is 41.3 Å². The number of hydrogen-bond donors (Lipinski definition) is 1. The van der Waals surface area contributed by atoms with Gasteiger partial charge in [-0.2, -0.15) is 0 Å². The van der Waals surface area contributed by atoms with E-state index in [-0.39, 0.29) is 5.91 Å². The Balaban J connectivity index is 1.52. The molecule has 0 fully saturated rings. The highest BCUT2D eigenvalue weighted by atomic mass is 16.3. The number of carbonyl (C=O) groups excluding carboxylic acids is 1. The van der Waals surface area contributed by atoms with Gasteiger partial charge in [0.05, 0.1) is 5.69 Å². The Kier molecular flexibility index (Phi) is 4.39. The molecule has 0 saturated carbocycles. The first kappa shape index (κ1) is 17.7. The summed E-state index contributed by atoms with van der Waals surface area (Å²) in [7, 11) is 0. The molecule has 29 heavy (non-hydrogen) atoms. The molecule has 2 aromatic heterocycles. The molecular weight excluding hydrogens is 364 g/mol. The van der Waals surface area contributed by atoms with Crippen molar-refractivity contribution in [3.63, 3.8) is 0 Å². The fourth-order valence-electron chi connectivity index (χ4n) is 4.02. The highest BCUT2D eigenvalue weighted by molar-refractivity contribution is 6.04. The summed E-state index contributed by atoms with van der Waals surface area (Å²) in [5, 5.41) is 3.00. The fourth-order valence-corrected chi connectivity index (χ4v) is 4.02. The number of aromatic nitrogens is 3. The molecule has 4 aromatic rings. The summed E-state index contributed by atoms with van der Waals surface area (Å²) < 4.78 is 7.74. The van der Waals surface area contributed by atoms with Crippen LogP contribution in [0.5, 0.6) is 0 Å². The minimum Gasteiger partial charge on any atom is -0.441 e. The van der Waals surface area contributed by atoms with Crippen LogP contribution in [0.4, 0.5) is 5.69 Å². The number of anilines is 1. The van der Waals surface area contributed by atoms with Crippen LogP contribution in [0.15, 0.2) is 52.9 Å². The molecule has 6 nitrogen and oxygen atoms in total. The van der Waals surface area contributed by atoms with Gasteiger partial charge in [-0.25, -0.2) is 9.97 Å². The zero-order valence-electron chi connectivity index (χ0n) is 16.3. The molecule has 1 aliphatic heterocycles. The lowest BCUT2D eigenvalue weighted by Crippen LogP contribution is -2.15. The zero-order valence-corrected chi connectivity index (χ0v) is 16.3. The van der Waals surface area contributed by atoms with Crippen molar-refractivity contribution in [2.75, 3.05) is 5.32 Å². The van der Waals surface area contributed by atoms with Gasteiger partial charge in [-0.3, -0.25) is 4.79 Å². The van der Waals surface area contributed by atoms with Crippen molar-refractivity contribution in [1.82, 2.24) is 14.5 Å². The second kappa shape index (κ2) is 7.20. The number of amides is 1. The Labute approximate surface area is 168 Å². The van der Waals surface area contributed by atoms with Crippen LogP contribution in [0.3, 0.4) is 0 Å². The molecule has 1 amide bonds. The maximum atomic E-state index is 13.2. The van der Waals surface area contributed by atoms with Crippen molar-refractivity contribution in [3.8, 4) is 11.4 Å². The summed E-state index contributed by atoms with van der Waals surface area (Å²) in [6, 6.07) is 15.6. The van der Waals surface area contributed by atoms with Crippen molar-refractivity contribution in [2.24, 2.45) is 0 Å². The number of oxazole rings is 1. The number of carbonyl (C=O) groups is 1. The Morgan fingerprint density at radius 2 is 1.93 bits per heavy atom. The Morgan fingerprint density at radius 1 is 1.07 bits per heavy atom. The van der Waals surface area contributed by atoms with Gasteiger partial charge in [-0.15, -0.1) is 0 Å². The highest BCUT2D eigenvalue weighted by Crippen LogP contribution is 2.28. The Hall–Kier alpha value is -3.41. The largest absolute Gasteiger partial charge is 0.441 e. The minimum atomic E-state index is -0.183. The van der Waals surface area contributed by atoms with E-state index in [0.717, 1.165) is 48.4 Å². The topological polar surface area (TPSA) is 73.0 Å². The normalized spacial score (nSPS) is 13.8. The lowest BCUT2D eigenvalue weighted by atomic mass is 10.1. The van der Waals surface area contributed by atoms with Crippen LogP contribution in [0.25, 0.3) is 22.5 Å². The SMILES string of the molecule is Cc1nc2cc(NC(=O)c3nc(-c4ccccc4)n4c3CCCCC4)ccc2o1. The van der Waals surface area contributed by atoms with E-state index >= 15 is 0 Å². The van der Waals surface area contributed by atoms with E-state index in [4.69, 9.17) is 9.40 Å². The van der Waals surface area contributed by atoms with E-state index in [1.54, 1.807) is 0 Å². The molecule has 0 unspecified atom stereocenters. The molecule has 0 bridgehead atoms. The van der Waals surface area contributed by atoms with E-state index in [1.165, 1.54) is 6.42 Å². The molecule has 5 rings (SSSR count). The van der Waals surface area contributed by atoms with Crippen LogP contribution >= 0.6 is 0 Å². The third-order valence-corrected chi connectivity index (χ3v) is 5.37. The Morgan fingerprint density at radius 3 is 2.79 bits per heavy atom. The summed E-state index contributed by atoms with van der Waals surface area (Å²) >= 11 is 0. The fraction of sp³-hybridized carbons (Fsp3) is 0.261. The first-order valence-corrected chi connectivity index (χ1v) is 10.0. The van der Waals surface area contributed by atoms with Gasteiger partial charge in [-0.1, -0.05) is 36.8 Å². The molecular formula is C23H22N4O2. The van der Waals surface area contributed by atoms with Gasteiger partial charge in [0.1, 0.15) is 17.0 Å². The number of nitrogens with zero attached hydrogens (tertiary/aromatic N) is 3. The first-order valence-electron chi connectivity index (χ1n) is 10.0. The number of imidazole rings is 1. The van der Waals surface area contributed by atoms with E-state index in [0.29, 0.717) is 22.9 Å². The van der Waals surface area contributed by atoms with Crippen LogP contribution in [0, 0.1) is 6.92 Å². The summed E-state index contributed by atoms with van der Waals surface area (Å²) in [6.45, 7) is 2.70. The first-order chi connectivity index (χ1) is 14.2. The van der Waals surface area contributed by atoms with Crippen molar-refractivity contribution >= 4 is 22.7 Å². The molecule has 0 spiro atoms. The van der Waals surface area contributed by atoms with Crippen molar-refractivity contribution in [1.29, 1.82) is 0 Å². The smallest absolute Gasteiger partial charge is 0.276 e. The molecule has 0 aliphatic carbocycles. The third kappa shape index (κ3) is 3.31. The molecule has 146 valence electrons. The van der Waals surface area contributed by atoms with E-state index in [2.05, 4.69) is 14.9 Å². The average Bonchev–Trinajstić information content (AvgIpc) is 3.18. The van der Waals surface area contributed by atoms with E-state index in [1.807, 2.05) is 55.5 Å². The second-order valence-corrected chi connectivity index (χ2v) is 7.43. The van der Waals surface area contributed by atoms with E-state index < -0.39 is 0 Å². The molecule has 0 saturated heterocycles. The monoisotopic (exact) mass is 386 g/mol. The standard InChI is InChI=1S/C23H22N4O2/c1-15-24-18-14-17(11-12-20(18)29-15)25-23(28)21-19-10-6-3-7-13-27(19)22(26-21)16-8-4-2-5-9-16/h2,4-5,8-9,11-12,14H,3,6-7,10,13H2,1H3,(H,25,28). The van der Waals surface area contributed by atoms with Gasteiger partial charge in [0.15, 0.2) is 11.5 Å². The molecule has 1 aliphatic rings. The van der Waals surface area contributed by atoms with Gasteiger partial charge >= 0.3 is 0 Å². The molecule has 0 radical (unpaired) electrons. The lowest BCUT2D eigenvalue weighted by molar-refractivity contribution is 0.102. The van der Waals surface area contributed by atoms with Crippen molar-refractivity contribution in [3.05, 3.63) is 65.8 Å². The summed E-state index contributed by atoms with van der Waals surface area (Å²) in [5.41, 5.74) is 4.71. The quantitative estimate of drug-likeness (QED) is 0.539. The summed E-state index contributed by atoms with van der Waals surface area (Å²) in [5.74, 6) is 1.29. The van der Waals surface area contributed by atoms with Crippen LogP contribution in [-0.2, 0) is 13.0 Å². The number of benzene rings is 2. The molecule has 1 N–H and O–H groups in total. The zero-order chi connectivity index (χ0) is 19.8. The van der Waals surface area contributed by atoms with Gasteiger partial charge < -0.3 is 14.3 Å². The second-order valence-electron chi connectivity index (χ2n) is 7.43. The predicted molar refractivity (Wildman–Crippen MR) is 112 cm³/mol. The van der Waals surface area contributed by atoms with E-state index in [9.17, 15) is 4.79 Å². The van der Waals surface area contributed by atoms with Crippen LogP contribution in [0.2, 0.25) is 0 Å². The number of rotatable bonds is 3. The highest BCUT2D eigenvalue weighted by Gasteiger charge is 2.24. The number of fused-ring (bicyclic) bond motifs is 2. The third-order valence-electron chi connectivity index (χ3n) is 5.37. The van der Waals surface area contributed by atoms with Crippen LogP contribution in [-0.4, -0.2) is 20.4 Å². The number of hydrogen-bond acceptors (Lipinski definition) is 4. The van der Waals surface area contributed by atoms with Gasteiger partial charge in [0.25, 0.3) is 5.91 Å². The molecule has 3 heterocycles. The summed E-state index contributed by atoms with van der Waals surface area (Å²) in [6.07, 6.45) is 4.21. The van der Waals surface area contributed by atoms with Gasteiger partial charge in [-0.05, 0) is 37.5 Å². The molecule has 2 aromatic carbocycles. The van der Waals surface area contributed by atoms with Crippen molar-refractivity contribution in [2.45, 2.75) is 39.2 Å². The lowest BCUT2D eigenvalue weighted by Gasteiger charge is -2.09. The van der Waals surface area contributed by atoms with Crippen molar-refractivity contribution < 1.29 is 9.21 Å². The van der Waals surface area contributed by atoms with Gasteiger partial charge in [0.2, 0.25) is 0 Å². The maximum absolute atomic E-state index is 13.2. The molecule has 6 heteroatoms. The average molecular weight is 386 g/mol. The number of nitrogens with one attached hydrogen (secondary N) is 1. The van der Waals surface area contributed by atoms with Gasteiger partial charge in [0, 0.05) is 24.7 Å². The minimum absolute atomic E-state index is 0.183. The molecule has 0 atom stereocenters. The van der Waals surface area contributed by atoms with Crippen LogP contribution < -0.4 is 5.32 Å². The summed E-state index contributed by atoms with van der Waals surface area (Å²) in [4.78, 5) is 22.3. The Bertz CT molecular complexity index is 1190. The number of aryl methyl sites for hydroxylation is 1. The maximum Gasteiger partial charge on any atom is 0.276 e. The predicted octanol–water partition coefficient (Wildman–Crippen LogP) is 4.98.